The maximum atomic E-state index is 11.3. The van der Waals surface area contributed by atoms with Crippen LogP contribution in [0.25, 0.3) is 0 Å². The van der Waals surface area contributed by atoms with Crippen molar-refractivity contribution in [3.8, 4) is 0 Å². The van der Waals surface area contributed by atoms with E-state index in [9.17, 15) is 4.79 Å². The smallest absolute Gasteiger partial charge is 0.275 e. The Hall–Kier alpha value is -1.85. The first-order valence-corrected chi connectivity index (χ1v) is 5.23. The second kappa shape index (κ2) is 3.96. The van der Waals surface area contributed by atoms with Gasteiger partial charge in [0.2, 0.25) is 5.91 Å². The molecule has 0 aliphatic carbocycles. The minimum absolute atomic E-state index is 0.0126. The highest BCUT2D eigenvalue weighted by Gasteiger charge is 2.26. The molecule has 0 atom stereocenters. The molecule has 1 amide bonds. The van der Waals surface area contributed by atoms with Gasteiger partial charge in [-0.1, -0.05) is 0 Å². The molecule has 1 aromatic heterocycles. The van der Waals surface area contributed by atoms with Crippen molar-refractivity contribution in [2.75, 3.05) is 18.4 Å². The van der Waals surface area contributed by atoms with E-state index in [1.54, 1.807) is 11.8 Å². The molecule has 86 valence electrons. The van der Waals surface area contributed by atoms with E-state index in [2.05, 4.69) is 15.4 Å². The van der Waals surface area contributed by atoms with E-state index in [1.165, 1.54) is 0 Å². The van der Waals surface area contributed by atoms with E-state index in [-0.39, 0.29) is 5.91 Å². The van der Waals surface area contributed by atoms with Crippen molar-refractivity contribution >= 4 is 17.7 Å². The van der Waals surface area contributed by atoms with Gasteiger partial charge in [0.1, 0.15) is 7.05 Å². The normalized spacial score (nSPS) is 15.2. The molecule has 16 heavy (non-hydrogen) atoms. The van der Waals surface area contributed by atoms with E-state index in [0.717, 1.165) is 11.5 Å². The van der Waals surface area contributed by atoms with Crippen LogP contribution in [-0.2, 0) is 11.8 Å². The third-order valence-corrected chi connectivity index (χ3v) is 2.52. The van der Waals surface area contributed by atoms with E-state index >= 15 is 0 Å². The number of aryl methyl sites for hydroxylation is 2. The number of carbonyl (C=O) groups is 1. The average Bonchev–Trinajstić information content (AvgIpc) is 2.75. The Labute approximate surface area is 94.0 Å². The predicted molar refractivity (Wildman–Crippen MR) is 60.0 cm³/mol. The zero-order chi connectivity index (χ0) is 11.7. The molecule has 1 aromatic rings. The molecule has 1 aliphatic heterocycles. The molecule has 2 N–H and O–H groups in total. The highest BCUT2D eigenvalue weighted by Crippen LogP contribution is 2.07. The molecule has 0 unspecified atom stereocenters. The van der Waals surface area contributed by atoms with Crippen LogP contribution in [0, 0.1) is 6.92 Å². The minimum Gasteiger partial charge on any atom is -0.275 e. The Kier molecular flexibility index (Phi) is 2.64. The summed E-state index contributed by atoms with van der Waals surface area (Å²) in [5, 5.41) is 6.27. The number of guanidine groups is 1. The van der Waals surface area contributed by atoms with Gasteiger partial charge in [0.25, 0.3) is 5.96 Å². The zero-order valence-corrected chi connectivity index (χ0v) is 9.74. The quantitative estimate of drug-likeness (QED) is 0.645. The summed E-state index contributed by atoms with van der Waals surface area (Å²) in [6.07, 6.45) is 0. The van der Waals surface area contributed by atoms with Gasteiger partial charge in [-0.15, -0.1) is 0 Å². The Balaban J connectivity index is 2.16. The molecule has 0 bridgehead atoms. The standard InChI is InChI=1S/C10H15N5O/c1-7-6-9(14(3)13-7)12-10-11-4-5-15(10)8(2)16/h6H,4-5H2,1-3H3,(H,11,12,13)/p+1. The second-order valence-corrected chi connectivity index (χ2v) is 3.88. The molecule has 2 heterocycles. The predicted octanol–water partition coefficient (Wildman–Crippen LogP) is -0.222. The fraction of sp³-hybridized carbons (Fsp3) is 0.500. The number of nitrogens with zero attached hydrogens (tertiary/aromatic N) is 3. The largest absolute Gasteiger partial charge is 0.302 e. The van der Waals surface area contributed by atoms with Gasteiger partial charge in [0.15, 0.2) is 0 Å². The van der Waals surface area contributed by atoms with Crippen LogP contribution < -0.4 is 10.00 Å². The molecular formula is C10H16N5O+. The summed E-state index contributed by atoms with van der Waals surface area (Å²) in [7, 11) is 1.91. The number of aliphatic imine (C=N–C) groups is 1. The van der Waals surface area contributed by atoms with Gasteiger partial charge in [-0.2, -0.15) is 4.68 Å². The van der Waals surface area contributed by atoms with Crippen LogP contribution in [0.4, 0.5) is 5.82 Å². The summed E-state index contributed by atoms with van der Waals surface area (Å²) in [5.74, 6) is 1.53. The van der Waals surface area contributed by atoms with Gasteiger partial charge < -0.3 is 0 Å². The maximum absolute atomic E-state index is 11.3. The highest BCUT2D eigenvalue weighted by molar-refractivity contribution is 6.03. The maximum Gasteiger partial charge on any atom is 0.302 e. The molecule has 2 rings (SSSR count). The lowest BCUT2D eigenvalue weighted by atomic mass is 10.4. The zero-order valence-electron chi connectivity index (χ0n) is 9.74. The molecule has 6 heteroatoms. The van der Waals surface area contributed by atoms with Gasteiger partial charge in [0.05, 0.1) is 24.8 Å². The molecule has 0 fully saturated rings. The van der Waals surface area contributed by atoms with Crippen molar-refractivity contribution in [1.82, 2.24) is 10.00 Å². The summed E-state index contributed by atoms with van der Waals surface area (Å²) >= 11 is 0. The van der Waals surface area contributed by atoms with Crippen molar-refractivity contribution in [2.24, 2.45) is 12.0 Å². The number of rotatable bonds is 1. The SMILES string of the molecule is CC(=O)N1CCN=C1Nc1cc(C)[nH][n+]1C. The second-order valence-electron chi connectivity index (χ2n) is 3.88. The topological polar surface area (TPSA) is 64.4 Å². The molecule has 0 saturated heterocycles. The summed E-state index contributed by atoms with van der Waals surface area (Å²) in [4.78, 5) is 17.2. The van der Waals surface area contributed by atoms with Crippen molar-refractivity contribution in [3.63, 3.8) is 0 Å². The number of hydrogen-bond donors (Lipinski definition) is 2. The number of amides is 1. The lowest BCUT2D eigenvalue weighted by molar-refractivity contribution is -0.713. The number of hydrogen-bond acceptors (Lipinski definition) is 3. The lowest BCUT2D eigenvalue weighted by Crippen LogP contribution is -2.41. The van der Waals surface area contributed by atoms with Crippen LogP contribution in [0.3, 0.4) is 0 Å². The first kappa shape index (κ1) is 10.7. The number of H-pyrrole nitrogens is 1. The molecule has 0 spiro atoms. The fourth-order valence-corrected chi connectivity index (χ4v) is 1.75. The monoisotopic (exact) mass is 222 g/mol. The van der Waals surface area contributed by atoms with Gasteiger partial charge in [0, 0.05) is 6.92 Å². The van der Waals surface area contributed by atoms with Crippen LogP contribution >= 0.6 is 0 Å². The van der Waals surface area contributed by atoms with Gasteiger partial charge in [-0.05, 0) is 6.92 Å². The van der Waals surface area contributed by atoms with Crippen LogP contribution in [0.15, 0.2) is 11.1 Å². The number of nitrogens with one attached hydrogen (secondary N) is 2. The van der Waals surface area contributed by atoms with Crippen LogP contribution in [0.2, 0.25) is 0 Å². The van der Waals surface area contributed by atoms with E-state index in [0.29, 0.717) is 19.0 Å². The number of aromatic amines is 1. The number of carbonyl (C=O) groups excluding carboxylic acids is 1. The Morgan fingerprint density at radius 2 is 2.44 bits per heavy atom. The van der Waals surface area contributed by atoms with Crippen LogP contribution in [-0.4, -0.2) is 35.0 Å². The van der Waals surface area contributed by atoms with Crippen LogP contribution in [0.5, 0.6) is 0 Å². The summed E-state index contributed by atoms with van der Waals surface area (Å²) < 4.78 is 1.86. The molecule has 6 nitrogen and oxygen atoms in total. The van der Waals surface area contributed by atoms with Gasteiger partial charge in [-0.25, -0.2) is 15.4 Å². The van der Waals surface area contributed by atoms with Crippen molar-refractivity contribution < 1.29 is 9.48 Å². The molecular weight excluding hydrogens is 206 g/mol. The third kappa shape index (κ3) is 1.91. The van der Waals surface area contributed by atoms with Crippen LogP contribution in [0.1, 0.15) is 12.6 Å². The van der Waals surface area contributed by atoms with E-state index in [1.807, 2.05) is 24.7 Å². The minimum atomic E-state index is 0.0126. The summed E-state index contributed by atoms with van der Waals surface area (Å²) in [5.41, 5.74) is 1.05. The summed E-state index contributed by atoms with van der Waals surface area (Å²) in [6.45, 7) is 4.84. The third-order valence-electron chi connectivity index (χ3n) is 2.52. The van der Waals surface area contributed by atoms with Crippen molar-refractivity contribution in [1.29, 1.82) is 0 Å². The van der Waals surface area contributed by atoms with E-state index in [4.69, 9.17) is 0 Å². The highest BCUT2D eigenvalue weighted by atomic mass is 16.2. The Bertz CT molecular complexity index is 448. The number of anilines is 1. The van der Waals surface area contributed by atoms with Crippen molar-refractivity contribution in [3.05, 3.63) is 11.8 Å². The molecule has 0 aromatic carbocycles. The number of aromatic nitrogens is 2. The van der Waals surface area contributed by atoms with Gasteiger partial charge >= 0.3 is 5.82 Å². The van der Waals surface area contributed by atoms with Gasteiger partial charge in [-0.3, -0.25) is 9.69 Å². The van der Waals surface area contributed by atoms with E-state index < -0.39 is 0 Å². The molecule has 0 saturated carbocycles. The Morgan fingerprint density at radius 3 is 3.00 bits per heavy atom. The molecule has 1 aliphatic rings. The first-order chi connectivity index (χ1) is 7.58. The lowest BCUT2D eigenvalue weighted by Gasteiger charge is -2.12. The average molecular weight is 222 g/mol. The molecule has 0 radical (unpaired) electrons. The van der Waals surface area contributed by atoms with Crippen molar-refractivity contribution in [2.45, 2.75) is 13.8 Å². The Morgan fingerprint density at radius 1 is 1.69 bits per heavy atom. The summed E-state index contributed by atoms with van der Waals surface area (Å²) in [6, 6.07) is 1.97. The fourth-order valence-electron chi connectivity index (χ4n) is 1.75. The first-order valence-electron chi connectivity index (χ1n) is 5.23.